The van der Waals surface area contributed by atoms with Crippen molar-refractivity contribution in [2.75, 3.05) is 21.2 Å². The van der Waals surface area contributed by atoms with Gasteiger partial charge in [-0.3, -0.25) is 9.69 Å². The Bertz CT molecular complexity index is 743. The summed E-state index contributed by atoms with van der Waals surface area (Å²) in [4.78, 5) is 40.8. The van der Waals surface area contributed by atoms with Crippen LogP contribution in [-0.4, -0.2) is 66.7 Å². The highest BCUT2D eigenvalue weighted by atomic mass is 19.1. The predicted molar refractivity (Wildman–Crippen MR) is 111 cm³/mol. The Morgan fingerprint density at radius 2 is 1.57 bits per heavy atom. The third-order valence-electron chi connectivity index (χ3n) is 4.62. The largest absolute Gasteiger partial charge is 0.467 e. The molecule has 0 fully saturated rings. The summed E-state index contributed by atoms with van der Waals surface area (Å²) >= 11 is 0. The second-order valence-electron chi connectivity index (χ2n) is 8.60. The maximum absolute atomic E-state index is 13.4. The summed E-state index contributed by atoms with van der Waals surface area (Å²) in [5.74, 6) is -1.59. The first-order valence-corrected chi connectivity index (χ1v) is 9.83. The lowest BCUT2D eigenvalue weighted by atomic mass is 9.99. The number of hydrogen-bond donors (Lipinski definition) is 0. The van der Waals surface area contributed by atoms with Crippen LogP contribution < -0.4 is 0 Å². The molecule has 0 N–H and O–H groups in total. The quantitative estimate of drug-likeness (QED) is 0.628. The maximum Gasteiger partial charge on any atom is 0.410 e. The van der Waals surface area contributed by atoms with Gasteiger partial charge in [0, 0.05) is 20.5 Å². The number of nitrogens with zero attached hydrogens (tertiary/aromatic N) is 2. The third kappa shape index (κ3) is 7.00. The van der Waals surface area contributed by atoms with Crippen molar-refractivity contribution in [2.24, 2.45) is 5.92 Å². The van der Waals surface area contributed by atoms with Crippen LogP contribution in [0.25, 0.3) is 0 Å². The zero-order valence-corrected chi connectivity index (χ0v) is 19.1. The van der Waals surface area contributed by atoms with E-state index < -0.39 is 41.5 Å². The minimum atomic E-state index is -0.957. The smallest absolute Gasteiger partial charge is 0.410 e. The summed E-state index contributed by atoms with van der Waals surface area (Å²) in [6.07, 6.45) is -0.541. The van der Waals surface area contributed by atoms with Gasteiger partial charge in [0.05, 0.1) is 7.11 Å². The van der Waals surface area contributed by atoms with Crippen LogP contribution >= 0.6 is 0 Å². The Kier molecular flexibility index (Phi) is 8.81. The first-order valence-electron chi connectivity index (χ1n) is 9.83. The van der Waals surface area contributed by atoms with Crippen LogP contribution in [0.4, 0.5) is 9.18 Å². The van der Waals surface area contributed by atoms with Crippen molar-refractivity contribution >= 4 is 18.0 Å². The van der Waals surface area contributed by atoms with Gasteiger partial charge >= 0.3 is 12.1 Å². The highest BCUT2D eigenvalue weighted by Gasteiger charge is 2.37. The standard InChI is InChI=1S/C22H33FN2O5/c1-14(2)18(20(27)29-8)25(7)19(26)17(13-15-9-11-16(23)12-10-15)24(6)21(28)30-22(3,4)5/h9-12,14,17-18H,13H2,1-8H3/t17-,18-/m0/s1. The molecule has 8 heteroatoms. The Balaban J connectivity index is 3.26. The lowest BCUT2D eigenvalue weighted by Crippen LogP contribution is -2.55. The normalized spacial score (nSPS) is 13.4. The number of ether oxygens (including phenoxy) is 2. The minimum absolute atomic E-state index is 0.130. The van der Waals surface area contributed by atoms with E-state index in [-0.39, 0.29) is 12.3 Å². The molecular formula is C22H33FN2O5. The van der Waals surface area contributed by atoms with Gasteiger partial charge in [0.1, 0.15) is 23.5 Å². The van der Waals surface area contributed by atoms with Gasteiger partial charge in [-0.1, -0.05) is 26.0 Å². The molecule has 0 spiro atoms. The molecule has 0 radical (unpaired) electrons. The van der Waals surface area contributed by atoms with Crippen LogP contribution in [0.15, 0.2) is 24.3 Å². The van der Waals surface area contributed by atoms with Crippen LogP contribution in [0, 0.1) is 11.7 Å². The predicted octanol–water partition coefficient (Wildman–Crippen LogP) is 3.26. The van der Waals surface area contributed by atoms with Crippen LogP contribution in [0.3, 0.4) is 0 Å². The second kappa shape index (κ2) is 10.4. The molecule has 2 atom stereocenters. The van der Waals surface area contributed by atoms with Gasteiger partial charge in [-0.05, 0) is 44.4 Å². The average molecular weight is 425 g/mol. The molecule has 0 aliphatic heterocycles. The first kappa shape index (κ1) is 25.4. The van der Waals surface area contributed by atoms with Crippen LogP contribution in [0.5, 0.6) is 0 Å². The fraction of sp³-hybridized carbons (Fsp3) is 0.591. The molecule has 1 aromatic carbocycles. The van der Waals surface area contributed by atoms with Crippen molar-refractivity contribution in [1.82, 2.24) is 9.80 Å². The Labute approximate surface area is 178 Å². The van der Waals surface area contributed by atoms with Crippen molar-refractivity contribution in [3.05, 3.63) is 35.6 Å². The number of esters is 1. The number of methoxy groups -OCH3 is 1. The van der Waals surface area contributed by atoms with Crippen LogP contribution in [0.2, 0.25) is 0 Å². The molecule has 0 aliphatic rings. The first-order chi connectivity index (χ1) is 13.8. The van der Waals surface area contributed by atoms with E-state index in [1.54, 1.807) is 46.8 Å². The summed E-state index contributed by atoms with van der Waals surface area (Å²) in [6, 6.07) is 3.92. The fourth-order valence-corrected chi connectivity index (χ4v) is 3.07. The van der Waals surface area contributed by atoms with Crippen molar-refractivity contribution in [1.29, 1.82) is 0 Å². The molecule has 1 rings (SSSR count). The number of hydrogen-bond acceptors (Lipinski definition) is 5. The molecule has 0 aliphatic carbocycles. The van der Waals surface area contributed by atoms with E-state index in [1.165, 1.54) is 43.1 Å². The molecule has 168 valence electrons. The van der Waals surface area contributed by atoms with Gasteiger partial charge in [-0.15, -0.1) is 0 Å². The van der Waals surface area contributed by atoms with Crippen molar-refractivity contribution in [2.45, 2.75) is 58.7 Å². The number of likely N-dealkylation sites (N-methyl/N-ethyl adjacent to an activating group) is 2. The molecule has 0 bridgehead atoms. The summed E-state index contributed by atoms with van der Waals surface area (Å²) in [7, 11) is 4.24. The summed E-state index contributed by atoms with van der Waals surface area (Å²) in [6.45, 7) is 8.80. The molecule has 0 aromatic heterocycles. The number of rotatable bonds is 7. The summed E-state index contributed by atoms with van der Waals surface area (Å²) < 4.78 is 23.6. The highest BCUT2D eigenvalue weighted by molar-refractivity contribution is 5.90. The van der Waals surface area contributed by atoms with Gasteiger partial charge in [0.2, 0.25) is 5.91 Å². The molecular weight excluding hydrogens is 391 g/mol. The van der Waals surface area contributed by atoms with Crippen LogP contribution in [0.1, 0.15) is 40.2 Å². The summed E-state index contributed by atoms with van der Waals surface area (Å²) in [5.41, 5.74) is -0.0783. The number of carbonyl (C=O) groups is 3. The van der Waals surface area contributed by atoms with Crippen molar-refractivity contribution in [3.63, 3.8) is 0 Å². The van der Waals surface area contributed by atoms with Crippen molar-refractivity contribution in [3.8, 4) is 0 Å². The fourth-order valence-electron chi connectivity index (χ4n) is 3.07. The average Bonchev–Trinajstić information content (AvgIpc) is 2.64. The van der Waals surface area contributed by atoms with Gasteiger partial charge in [-0.2, -0.15) is 0 Å². The number of benzene rings is 1. The molecule has 0 heterocycles. The monoisotopic (exact) mass is 424 g/mol. The van der Waals surface area contributed by atoms with E-state index >= 15 is 0 Å². The number of halogens is 1. The number of carbonyl (C=O) groups excluding carboxylic acids is 3. The van der Waals surface area contributed by atoms with Gasteiger partial charge in [-0.25, -0.2) is 14.0 Å². The zero-order valence-electron chi connectivity index (χ0n) is 19.1. The van der Waals surface area contributed by atoms with E-state index in [0.29, 0.717) is 5.56 Å². The molecule has 0 saturated heterocycles. The second-order valence-corrected chi connectivity index (χ2v) is 8.60. The molecule has 0 unspecified atom stereocenters. The molecule has 2 amide bonds. The van der Waals surface area contributed by atoms with E-state index in [2.05, 4.69) is 0 Å². The Morgan fingerprint density at radius 1 is 1.03 bits per heavy atom. The topological polar surface area (TPSA) is 76.2 Å². The van der Waals surface area contributed by atoms with E-state index in [0.717, 1.165) is 0 Å². The maximum atomic E-state index is 13.4. The summed E-state index contributed by atoms with van der Waals surface area (Å²) in [5, 5.41) is 0. The molecule has 30 heavy (non-hydrogen) atoms. The van der Waals surface area contributed by atoms with Gasteiger partial charge < -0.3 is 14.4 Å². The number of amides is 2. The Morgan fingerprint density at radius 3 is 2.00 bits per heavy atom. The van der Waals surface area contributed by atoms with Crippen molar-refractivity contribution < 1.29 is 28.2 Å². The SMILES string of the molecule is COC(=O)[C@H](C(C)C)N(C)C(=O)[C@H](Cc1ccc(F)cc1)N(C)C(=O)OC(C)(C)C. The lowest BCUT2D eigenvalue weighted by Gasteiger charge is -2.35. The van der Waals surface area contributed by atoms with Crippen LogP contribution in [-0.2, 0) is 25.5 Å². The Hall–Kier alpha value is -2.64. The third-order valence-corrected chi connectivity index (χ3v) is 4.62. The molecule has 0 saturated carbocycles. The van der Waals surface area contributed by atoms with Gasteiger partial charge in [0.25, 0.3) is 0 Å². The van der Waals surface area contributed by atoms with E-state index in [4.69, 9.17) is 9.47 Å². The minimum Gasteiger partial charge on any atom is -0.467 e. The zero-order chi connectivity index (χ0) is 23.2. The highest BCUT2D eigenvalue weighted by Crippen LogP contribution is 2.19. The molecule has 7 nitrogen and oxygen atoms in total. The van der Waals surface area contributed by atoms with Gasteiger partial charge in [0.15, 0.2) is 0 Å². The van der Waals surface area contributed by atoms with E-state index in [1.807, 2.05) is 0 Å². The van der Waals surface area contributed by atoms with E-state index in [9.17, 15) is 18.8 Å². The lowest BCUT2D eigenvalue weighted by molar-refractivity contribution is -0.155. The molecule has 1 aromatic rings.